The van der Waals surface area contributed by atoms with Gasteiger partial charge in [-0.05, 0) is 19.4 Å². The Hall–Kier alpha value is -1.63. The zero-order chi connectivity index (χ0) is 14.5. The Morgan fingerprint density at radius 3 is 2.58 bits per heavy atom. The molecule has 0 aromatic heterocycles. The molecular weight excluding hydrogens is 250 g/mol. The fourth-order valence-electron chi connectivity index (χ4n) is 2.46. The molecule has 1 aliphatic rings. The van der Waals surface area contributed by atoms with Crippen molar-refractivity contribution in [2.24, 2.45) is 11.1 Å². The van der Waals surface area contributed by atoms with Crippen molar-refractivity contribution < 1.29 is 19.5 Å². The minimum Gasteiger partial charge on any atom is -0.480 e. The van der Waals surface area contributed by atoms with Crippen molar-refractivity contribution in [2.45, 2.75) is 38.6 Å². The molecule has 0 aliphatic carbocycles. The van der Waals surface area contributed by atoms with Gasteiger partial charge in [-0.3, -0.25) is 9.59 Å². The number of primary amides is 1. The SMILES string of the molecule is CCCC1(C(=O)N[C@H](CC(N)=O)C(=O)O)CCNC1. The standard InChI is InChI=1S/C12H21N3O4/c1-2-3-12(4-5-14-7-12)11(19)15-8(10(17)18)6-9(13)16/h8,14H,2-7H2,1H3,(H2,13,16)(H,15,19)(H,17,18)/t8-,12?/m1/s1. The molecule has 7 nitrogen and oxygen atoms in total. The summed E-state index contributed by atoms with van der Waals surface area (Å²) in [6.45, 7) is 3.25. The molecular formula is C12H21N3O4. The van der Waals surface area contributed by atoms with Gasteiger partial charge in [-0.15, -0.1) is 0 Å². The van der Waals surface area contributed by atoms with Gasteiger partial charge >= 0.3 is 5.97 Å². The van der Waals surface area contributed by atoms with E-state index in [-0.39, 0.29) is 5.91 Å². The summed E-state index contributed by atoms with van der Waals surface area (Å²) in [5.74, 6) is -2.31. The van der Waals surface area contributed by atoms with Gasteiger partial charge in [-0.25, -0.2) is 4.79 Å². The van der Waals surface area contributed by atoms with Crippen molar-refractivity contribution in [2.75, 3.05) is 13.1 Å². The molecule has 2 amide bonds. The van der Waals surface area contributed by atoms with Crippen LogP contribution in [0.1, 0.15) is 32.6 Å². The molecule has 1 fully saturated rings. The van der Waals surface area contributed by atoms with Crippen molar-refractivity contribution in [1.29, 1.82) is 0 Å². The van der Waals surface area contributed by atoms with E-state index < -0.39 is 29.8 Å². The molecule has 0 aromatic carbocycles. The Kier molecular flexibility index (Phi) is 5.29. The van der Waals surface area contributed by atoms with Crippen molar-refractivity contribution in [3.05, 3.63) is 0 Å². The highest BCUT2D eigenvalue weighted by molar-refractivity contribution is 5.90. The molecule has 108 valence electrons. The minimum atomic E-state index is -1.25. The number of rotatable bonds is 7. The van der Waals surface area contributed by atoms with Crippen LogP contribution in [0.5, 0.6) is 0 Å². The smallest absolute Gasteiger partial charge is 0.326 e. The Morgan fingerprint density at radius 1 is 1.47 bits per heavy atom. The molecule has 7 heteroatoms. The summed E-state index contributed by atoms with van der Waals surface area (Å²) in [5, 5.41) is 14.5. The molecule has 0 radical (unpaired) electrons. The molecule has 2 atom stereocenters. The van der Waals surface area contributed by atoms with Gasteiger partial charge in [-0.2, -0.15) is 0 Å². The number of hydrogen-bond donors (Lipinski definition) is 4. The molecule has 1 rings (SSSR count). The third-order valence-electron chi connectivity index (χ3n) is 3.46. The Bertz CT molecular complexity index is 364. The zero-order valence-electron chi connectivity index (χ0n) is 11.1. The number of carbonyl (C=O) groups is 3. The average molecular weight is 271 g/mol. The lowest BCUT2D eigenvalue weighted by molar-refractivity contribution is -0.145. The molecule has 0 spiro atoms. The third kappa shape index (κ3) is 3.92. The van der Waals surface area contributed by atoms with E-state index in [1.165, 1.54) is 0 Å². The summed E-state index contributed by atoms with van der Waals surface area (Å²) in [6, 6.07) is -1.25. The normalized spacial score (nSPS) is 23.8. The second kappa shape index (κ2) is 6.51. The van der Waals surface area contributed by atoms with Crippen LogP contribution in [0.2, 0.25) is 0 Å². The van der Waals surface area contributed by atoms with Gasteiger partial charge in [0.25, 0.3) is 0 Å². The van der Waals surface area contributed by atoms with Crippen LogP contribution in [0.3, 0.4) is 0 Å². The maximum absolute atomic E-state index is 12.3. The van der Waals surface area contributed by atoms with E-state index in [2.05, 4.69) is 10.6 Å². The number of hydrogen-bond acceptors (Lipinski definition) is 4. The highest BCUT2D eigenvalue weighted by Gasteiger charge is 2.41. The molecule has 5 N–H and O–H groups in total. The number of amides is 2. The second-order valence-electron chi connectivity index (χ2n) is 4.99. The first kappa shape index (κ1) is 15.4. The van der Waals surface area contributed by atoms with Crippen LogP contribution in [0, 0.1) is 5.41 Å². The van der Waals surface area contributed by atoms with Gasteiger partial charge in [0.1, 0.15) is 6.04 Å². The Morgan fingerprint density at radius 2 is 2.16 bits per heavy atom. The summed E-state index contributed by atoms with van der Waals surface area (Å²) >= 11 is 0. The highest BCUT2D eigenvalue weighted by Crippen LogP contribution is 2.31. The van der Waals surface area contributed by atoms with Crippen LogP contribution < -0.4 is 16.4 Å². The molecule has 1 unspecified atom stereocenters. The number of carbonyl (C=O) groups excluding carboxylic acids is 2. The van der Waals surface area contributed by atoms with Crippen LogP contribution in [-0.4, -0.2) is 42.0 Å². The zero-order valence-corrected chi connectivity index (χ0v) is 11.1. The highest BCUT2D eigenvalue weighted by atomic mass is 16.4. The topological polar surface area (TPSA) is 122 Å². The van der Waals surface area contributed by atoms with Crippen molar-refractivity contribution >= 4 is 17.8 Å². The Labute approximate surface area is 111 Å². The van der Waals surface area contributed by atoms with E-state index in [1.54, 1.807) is 0 Å². The lowest BCUT2D eigenvalue weighted by atomic mass is 9.81. The fourth-order valence-corrected chi connectivity index (χ4v) is 2.46. The van der Waals surface area contributed by atoms with Crippen molar-refractivity contribution in [1.82, 2.24) is 10.6 Å². The van der Waals surface area contributed by atoms with Gasteiger partial charge in [-0.1, -0.05) is 13.3 Å². The van der Waals surface area contributed by atoms with E-state index in [0.29, 0.717) is 19.4 Å². The number of nitrogens with two attached hydrogens (primary N) is 1. The number of carboxylic acids is 1. The second-order valence-corrected chi connectivity index (χ2v) is 4.99. The number of nitrogens with one attached hydrogen (secondary N) is 2. The predicted molar refractivity (Wildman–Crippen MR) is 68.2 cm³/mol. The minimum absolute atomic E-state index is 0.312. The van der Waals surface area contributed by atoms with Gasteiger partial charge in [0.15, 0.2) is 0 Å². The number of aliphatic carboxylic acids is 1. The third-order valence-corrected chi connectivity index (χ3v) is 3.46. The van der Waals surface area contributed by atoms with Crippen molar-refractivity contribution in [3.8, 4) is 0 Å². The molecule has 1 aliphatic heterocycles. The summed E-state index contributed by atoms with van der Waals surface area (Å²) in [7, 11) is 0. The first-order valence-electron chi connectivity index (χ1n) is 6.44. The quantitative estimate of drug-likeness (QED) is 0.483. The predicted octanol–water partition coefficient (Wildman–Crippen LogP) is -0.789. The first-order valence-corrected chi connectivity index (χ1v) is 6.44. The molecule has 0 bridgehead atoms. The fraction of sp³-hybridized carbons (Fsp3) is 0.750. The monoisotopic (exact) mass is 271 g/mol. The maximum Gasteiger partial charge on any atom is 0.326 e. The molecule has 19 heavy (non-hydrogen) atoms. The first-order chi connectivity index (χ1) is 8.91. The van der Waals surface area contributed by atoms with Crippen LogP contribution in [0.4, 0.5) is 0 Å². The van der Waals surface area contributed by atoms with Crippen LogP contribution in [0.15, 0.2) is 0 Å². The van der Waals surface area contributed by atoms with Crippen molar-refractivity contribution in [3.63, 3.8) is 0 Å². The lowest BCUT2D eigenvalue weighted by Crippen LogP contribution is -2.50. The van der Waals surface area contributed by atoms with E-state index in [1.807, 2.05) is 6.92 Å². The van der Waals surface area contributed by atoms with Crippen LogP contribution >= 0.6 is 0 Å². The van der Waals surface area contributed by atoms with Crippen LogP contribution in [0.25, 0.3) is 0 Å². The molecule has 1 heterocycles. The summed E-state index contributed by atoms with van der Waals surface area (Å²) < 4.78 is 0. The summed E-state index contributed by atoms with van der Waals surface area (Å²) in [4.78, 5) is 34.1. The van der Waals surface area contributed by atoms with E-state index >= 15 is 0 Å². The van der Waals surface area contributed by atoms with Gasteiger partial charge in [0, 0.05) is 6.54 Å². The number of carboxylic acid groups (broad SMARTS) is 1. The lowest BCUT2D eigenvalue weighted by Gasteiger charge is -2.28. The molecule has 0 aromatic rings. The van der Waals surface area contributed by atoms with Crippen LogP contribution in [-0.2, 0) is 14.4 Å². The molecule has 1 saturated heterocycles. The largest absolute Gasteiger partial charge is 0.480 e. The summed E-state index contributed by atoms with van der Waals surface area (Å²) in [6.07, 6.45) is 1.81. The van der Waals surface area contributed by atoms with E-state index in [0.717, 1.165) is 13.0 Å². The van der Waals surface area contributed by atoms with E-state index in [9.17, 15) is 14.4 Å². The average Bonchev–Trinajstić information content (AvgIpc) is 2.77. The Balaban J connectivity index is 2.74. The van der Waals surface area contributed by atoms with E-state index in [4.69, 9.17) is 10.8 Å². The van der Waals surface area contributed by atoms with Gasteiger partial charge in [0.2, 0.25) is 11.8 Å². The molecule has 0 saturated carbocycles. The maximum atomic E-state index is 12.3. The van der Waals surface area contributed by atoms with Gasteiger partial charge in [0.05, 0.1) is 11.8 Å². The van der Waals surface area contributed by atoms with Gasteiger partial charge < -0.3 is 21.5 Å². The summed E-state index contributed by atoms with van der Waals surface area (Å²) in [5.41, 5.74) is 4.42.